The SMILES string of the molecule is COc1ccc(CO[C@H]2[C@H](C)OC(=O)[C@@H](NC(=O)c3nccc(OC)c3OCOC(C)=O)CCOC[C@@H]2OCc2ccc(OC)cc2)cc1. The smallest absolute Gasteiger partial charge is 0.329 e. The van der Waals surface area contributed by atoms with Gasteiger partial charge in [0.2, 0.25) is 6.79 Å². The Morgan fingerprint density at radius 1 is 0.898 bits per heavy atom. The first-order valence-electron chi connectivity index (χ1n) is 15.6. The lowest BCUT2D eigenvalue weighted by Gasteiger charge is -2.33. The van der Waals surface area contributed by atoms with Crippen LogP contribution in [0.2, 0.25) is 0 Å². The van der Waals surface area contributed by atoms with Crippen LogP contribution in [0.25, 0.3) is 0 Å². The lowest BCUT2D eigenvalue weighted by molar-refractivity contribution is -0.182. The number of carbonyl (C=O) groups excluding carboxylic acids is 3. The zero-order valence-electron chi connectivity index (χ0n) is 28.2. The van der Waals surface area contributed by atoms with Gasteiger partial charge in [0, 0.05) is 32.2 Å². The molecular formula is C35H42N2O12. The predicted octanol–water partition coefficient (Wildman–Crippen LogP) is 3.63. The first kappa shape index (κ1) is 36.9. The fourth-order valence-electron chi connectivity index (χ4n) is 4.89. The molecule has 1 saturated heterocycles. The molecule has 0 unspecified atom stereocenters. The predicted molar refractivity (Wildman–Crippen MR) is 173 cm³/mol. The van der Waals surface area contributed by atoms with Gasteiger partial charge >= 0.3 is 11.9 Å². The number of nitrogens with one attached hydrogen (secondary N) is 1. The van der Waals surface area contributed by atoms with Gasteiger partial charge in [0.15, 0.2) is 17.2 Å². The number of nitrogens with zero attached hydrogens (tertiary/aromatic N) is 1. The molecule has 2 heterocycles. The molecule has 1 N–H and O–H groups in total. The molecule has 0 aliphatic carbocycles. The Balaban J connectivity index is 1.50. The van der Waals surface area contributed by atoms with Gasteiger partial charge in [-0.05, 0) is 42.3 Å². The Morgan fingerprint density at radius 2 is 1.53 bits per heavy atom. The van der Waals surface area contributed by atoms with Crippen molar-refractivity contribution in [3.8, 4) is 23.0 Å². The van der Waals surface area contributed by atoms with Crippen molar-refractivity contribution < 1.29 is 57.0 Å². The summed E-state index contributed by atoms with van der Waals surface area (Å²) in [4.78, 5) is 42.3. The minimum Gasteiger partial charge on any atom is -0.497 e. The Labute approximate surface area is 284 Å². The van der Waals surface area contributed by atoms with Crippen molar-refractivity contribution in [1.82, 2.24) is 10.3 Å². The number of methoxy groups -OCH3 is 3. The number of pyridine rings is 1. The number of cyclic esters (lactones) is 1. The highest BCUT2D eigenvalue weighted by atomic mass is 16.7. The largest absolute Gasteiger partial charge is 0.497 e. The summed E-state index contributed by atoms with van der Waals surface area (Å²) < 4.78 is 50.7. The molecule has 2 aromatic carbocycles. The molecule has 49 heavy (non-hydrogen) atoms. The number of aromatic nitrogens is 1. The van der Waals surface area contributed by atoms with Gasteiger partial charge in [-0.3, -0.25) is 9.59 Å². The van der Waals surface area contributed by atoms with Crippen LogP contribution in [-0.4, -0.2) is 88.5 Å². The van der Waals surface area contributed by atoms with Gasteiger partial charge in [-0.15, -0.1) is 0 Å². The molecular weight excluding hydrogens is 640 g/mol. The maximum absolute atomic E-state index is 13.6. The molecule has 1 aliphatic heterocycles. The van der Waals surface area contributed by atoms with E-state index in [4.69, 9.17) is 42.6 Å². The van der Waals surface area contributed by atoms with E-state index in [2.05, 4.69) is 10.3 Å². The molecule has 1 aliphatic rings. The molecule has 0 radical (unpaired) electrons. The van der Waals surface area contributed by atoms with Gasteiger partial charge in [-0.2, -0.15) is 0 Å². The topological polar surface area (TPSA) is 159 Å². The number of benzene rings is 2. The summed E-state index contributed by atoms with van der Waals surface area (Å²) in [5, 5.41) is 2.67. The molecule has 14 nitrogen and oxygen atoms in total. The van der Waals surface area contributed by atoms with E-state index in [0.29, 0.717) is 5.75 Å². The molecule has 1 amide bonds. The van der Waals surface area contributed by atoms with Crippen molar-refractivity contribution >= 4 is 17.8 Å². The minimum absolute atomic E-state index is 0.0644. The van der Waals surface area contributed by atoms with E-state index in [1.165, 1.54) is 26.3 Å². The second-order valence-corrected chi connectivity index (χ2v) is 10.9. The van der Waals surface area contributed by atoms with E-state index in [1.54, 1.807) is 21.1 Å². The van der Waals surface area contributed by atoms with Gasteiger partial charge in [-0.1, -0.05) is 24.3 Å². The Bertz CT molecular complexity index is 1520. The third kappa shape index (κ3) is 10.8. The number of hydrogen-bond acceptors (Lipinski definition) is 13. The average Bonchev–Trinajstić information content (AvgIpc) is 3.11. The van der Waals surface area contributed by atoms with Gasteiger partial charge in [0.25, 0.3) is 5.91 Å². The summed E-state index contributed by atoms with van der Waals surface area (Å²) in [6.07, 6.45) is -0.745. The number of ether oxygens (including phenoxy) is 9. The third-order valence-corrected chi connectivity index (χ3v) is 7.55. The highest BCUT2D eigenvalue weighted by molar-refractivity contribution is 5.98. The van der Waals surface area contributed by atoms with E-state index in [9.17, 15) is 14.4 Å². The maximum atomic E-state index is 13.6. The maximum Gasteiger partial charge on any atom is 0.329 e. The van der Waals surface area contributed by atoms with Crippen LogP contribution >= 0.6 is 0 Å². The summed E-state index contributed by atoms with van der Waals surface area (Å²) in [6, 6.07) is 15.3. The summed E-state index contributed by atoms with van der Waals surface area (Å²) >= 11 is 0. The van der Waals surface area contributed by atoms with Crippen molar-refractivity contribution in [2.45, 2.75) is 57.8 Å². The number of amides is 1. The first-order valence-corrected chi connectivity index (χ1v) is 15.6. The van der Waals surface area contributed by atoms with Crippen molar-refractivity contribution in [2.75, 3.05) is 41.3 Å². The van der Waals surface area contributed by atoms with Crippen LogP contribution in [0.1, 0.15) is 41.9 Å². The average molecular weight is 683 g/mol. The second kappa shape index (κ2) is 18.6. The highest BCUT2D eigenvalue weighted by Gasteiger charge is 2.36. The van der Waals surface area contributed by atoms with E-state index in [0.717, 1.165) is 16.9 Å². The third-order valence-electron chi connectivity index (χ3n) is 7.55. The molecule has 14 heteroatoms. The molecule has 0 spiro atoms. The number of rotatable bonds is 14. The van der Waals surface area contributed by atoms with Gasteiger partial charge in [-0.25, -0.2) is 9.78 Å². The quantitative estimate of drug-likeness (QED) is 0.194. The lowest BCUT2D eigenvalue weighted by atomic mass is 10.1. The van der Waals surface area contributed by atoms with Crippen LogP contribution in [0.5, 0.6) is 23.0 Å². The van der Waals surface area contributed by atoms with Crippen LogP contribution < -0.4 is 24.3 Å². The molecule has 0 saturated carbocycles. The van der Waals surface area contributed by atoms with Gasteiger partial charge in [0.05, 0.1) is 41.2 Å². The fourth-order valence-corrected chi connectivity index (χ4v) is 4.89. The molecule has 3 aromatic rings. The van der Waals surface area contributed by atoms with Crippen molar-refractivity contribution in [1.29, 1.82) is 0 Å². The number of carbonyl (C=O) groups is 3. The Hall–Kier alpha value is -4.92. The minimum atomic E-state index is -1.11. The normalized spacial score (nSPS) is 19.6. The Morgan fingerprint density at radius 3 is 2.12 bits per heavy atom. The van der Waals surface area contributed by atoms with Crippen LogP contribution in [0.15, 0.2) is 60.8 Å². The summed E-state index contributed by atoms with van der Waals surface area (Å²) in [5.41, 5.74) is 1.59. The fraction of sp³-hybridized carbons (Fsp3) is 0.429. The summed E-state index contributed by atoms with van der Waals surface area (Å²) in [7, 11) is 4.57. The number of hydrogen-bond donors (Lipinski definition) is 1. The molecule has 4 atom stereocenters. The van der Waals surface area contributed by atoms with Crippen LogP contribution in [0.4, 0.5) is 0 Å². The van der Waals surface area contributed by atoms with Crippen molar-refractivity contribution in [3.63, 3.8) is 0 Å². The monoisotopic (exact) mass is 682 g/mol. The van der Waals surface area contributed by atoms with Crippen molar-refractivity contribution in [2.24, 2.45) is 0 Å². The second-order valence-electron chi connectivity index (χ2n) is 10.9. The summed E-state index contributed by atoms with van der Waals surface area (Å²) in [5.74, 6) is -0.478. The van der Waals surface area contributed by atoms with Gasteiger partial charge in [0.1, 0.15) is 35.9 Å². The zero-order chi connectivity index (χ0) is 35.2. The first-order chi connectivity index (χ1) is 23.7. The van der Waals surface area contributed by atoms with E-state index >= 15 is 0 Å². The standard InChI is InChI=1S/C35H42N2O12/c1-22-32(46-19-25-8-12-27(42-4)13-9-25)30(45-18-24-6-10-26(41-3)11-7-24)20-44-17-15-28(35(40)49-22)37-34(39)31-33(48-21-47-23(2)38)29(43-5)14-16-36-31/h6-14,16,22,28,30,32H,15,17-21H2,1-5H3,(H,37,39)/t22-,28-,30-,32-/m0/s1. The zero-order valence-corrected chi connectivity index (χ0v) is 28.2. The highest BCUT2D eigenvalue weighted by Crippen LogP contribution is 2.30. The molecule has 1 aromatic heterocycles. The van der Waals surface area contributed by atoms with Crippen LogP contribution in [0, 0.1) is 0 Å². The van der Waals surface area contributed by atoms with Gasteiger partial charge < -0.3 is 47.9 Å². The number of esters is 2. The molecule has 0 bridgehead atoms. The molecule has 264 valence electrons. The Kier molecular flexibility index (Phi) is 14.0. The van der Waals surface area contributed by atoms with E-state index in [1.807, 2.05) is 48.5 Å². The van der Waals surface area contributed by atoms with Crippen LogP contribution in [-0.2, 0) is 46.5 Å². The van der Waals surface area contributed by atoms with E-state index in [-0.39, 0.29) is 50.0 Å². The molecule has 1 fully saturated rings. The van der Waals surface area contributed by atoms with E-state index < -0.39 is 49.0 Å². The molecule has 4 rings (SSSR count). The summed E-state index contributed by atoms with van der Waals surface area (Å²) in [6.45, 7) is 3.09. The lowest BCUT2D eigenvalue weighted by Crippen LogP contribution is -2.50. The van der Waals surface area contributed by atoms with Crippen LogP contribution in [0.3, 0.4) is 0 Å². The van der Waals surface area contributed by atoms with Crippen molar-refractivity contribution in [3.05, 3.63) is 77.6 Å².